The van der Waals surface area contributed by atoms with Crippen molar-refractivity contribution in [2.75, 3.05) is 19.6 Å². The van der Waals surface area contributed by atoms with Crippen LogP contribution in [0.4, 0.5) is 0 Å². The van der Waals surface area contributed by atoms with Gasteiger partial charge in [0.05, 0.1) is 13.1 Å². The molecule has 124 valence electrons. The SMILES string of the molecule is O[C@](CC#CC[NH+]1CCCC1)(c1ccccc1)C1CCCCC1. The van der Waals surface area contributed by atoms with Gasteiger partial charge in [-0.15, -0.1) is 0 Å². The highest BCUT2D eigenvalue weighted by Gasteiger charge is 2.38. The minimum absolute atomic E-state index is 0.354. The molecule has 1 saturated carbocycles. The van der Waals surface area contributed by atoms with Gasteiger partial charge in [0.25, 0.3) is 0 Å². The van der Waals surface area contributed by atoms with E-state index in [4.69, 9.17) is 0 Å². The number of likely N-dealkylation sites (tertiary alicyclic amines) is 1. The van der Waals surface area contributed by atoms with E-state index in [-0.39, 0.29) is 0 Å². The lowest BCUT2D eigenvalue weighted by molar-refractivity contribution is -0.879. The maximum absolute atomic E-state index is 11.5. The Balaban J connectivity index is 1.71. The molecule has 0 unspecified atom stereocenters. The lowest BCUT2D eigenvalue weighted by Gasteiger charge is -2.38. The Kier molecular flexibility index (Phi) is 5.75. The van der Waals surface area contributed by atoms with E-state index in [0.717, 1.165) is 24.9 Å². The first-order valence-electron chi connectivity index (χ1n) is 9.36. The van der Waals surface area contributed by atoms with Crippen molar-refractivity contribution < 1.29 is 10.0 Å². The van der Waals surface area contributed by atoms with Crippen LogP contribution in [-0.4, -0.2) is 24.7 Å². The highest BCUT2D eigenvalue weighted by Crippen LogP contribution is 2.41. The summed E-state index contributed by atoms with van der Waals surface area (Å²) in [5.41, 5.74) is 0.282. The van der Waals surface area contributed by atoms with Gasteiger partial charge in [0, 0.05) is 19.3 Å². The number of hydrogen-bond donors (Lipinski definition) is 2. The van der Waals surface area contributed by atoms with Crippen LogP contribution in [0.2, 0.25) is 0 Å². The fourth-order valence-corrected chi connectivity index (χ4v) is 4.23. The van der Waals surface area contributed by atoms with Gasteiger partial charge in [0.15, 0.2) is 0 Å². The van der Waals surface area contributed by atoms with Gasteiger partial charge in [-0.1, -0.05) is 55.5 Å². The van der Waals surface area contributed by atoms with E-state index in [1.165, 1.54) is 45.2 Å². The maximum atomic E-state index is 11.5. The summed E-state index contributed by atoms with van der Waals surface area (Å²) in [6.07, 6.45) is 9.31. The zero-order valence-electron chi connectivity index (χ0n) is 14.2. The first kappa shape index (κ1) is 16.6. The van der Waals surface area contributed by atoms with Gasteiger partial charge in [0.1, 0.15) is 12.1 Å². The predicted molar refractivity (Wildman–Crippen MR) is 94.1 cm³/mol. The van der Waals surface area contributed by atoms with Gasteiger partial charge in [-0.25, -0.2) is 0 Å². The monoisotopic (exact) mass is 312 g/mol. The van der Waals surface area contributed by atoms with Gasteiger partial charge < -0.3 is 10.0 Å². The van der Waals surface area contributed by atoms with E-state index < -0.39 is 5.60 Å². The molecule has 1 atom stereocenters. The molecule has 1 aromatic carbocycles. The Labute approximate surface area is 140 Å². The molecule has 1 aliphatic heterocycles. The molecule has 0 radical (unpaired) electrons. The average molecular weight is 312 g/mol. The molecule has 0 bridgehead atoms. The lowest BCUT2D eigenvalue weighted by Crippen LogP contribution is -3.09. The highest BCUT2D eigenvalue weighted by molar-refractivity contribution is 5.26. The first-order chi connectivity index (χ1) is 11.3. The van der Waals surface area contributed by atoms with Crippen molar-refractivity contribution in [2.45, 2.75) is 57.0 Å². The molecule has 2 fully saturated rings. The predicted octanol–water partition coefficient (Wildman–Crippen LogP) is 2.53. The molecule has 1 aromatic rings. The number of nitrogens with one attached hydrogen (secondary N) is 1. The highest BCUT2D eigenvalue weighted by atomic mass is 16.3. The molecule has 0 aromatic heterocycles. The second-order valence-electron chi connectivity index (χ2n) is 7.29. The molecule has 0 amide bonds. The minimum atomic E-state index is -0.769. The Hall–Kier alpha value is -1.30. The molecular formula is C21H30NO+. The van der Waals surface area contributed by atoms with Gasteiger partial charge in [-0.2, -0.15) is 0 Å². The van der Waals surface area contributed by atoms with Crippen LogP contribution in [0.3, 0.4) is 0 Å². The molecule has 0 spiro atoms. The second-order valence-corrected chi connectivity index (χ2v) is 7.29. The third-order valence-electron chi connectivity index (χ3n) is 5.69. The maximum Gasteiger partial charge on any atom is 0.139 e. The van der Waals surface area contributed by atoms with Crippen molar-refractivity contribution >= 4 is 0 Å². The van der Waals surface area contributed by atoms with Crippen molar-refractivity contribution in [2.24, 2.45) is 5.92 Å². The molecule has 1 saturated heterocycles. The summed E-state index contributed by atoms with van der Waals surface area (Å²) in [7, 11) is 0. The van der Waals surface area contributed by atoms with Crippen LogP contribution in [0.15, 0.2) is 30.3 Å². The zero-order valence-corrected chi connectivity index (χ0v) is 14.2. The topological polar surface area (TPSA) is 24.7 Å². The largest absolute Gasteiger partial charge is 0.384 e. The van der Waals surface area contributed by atoms with Crippen LogP contribution < -0.4 is 4.90 Å². The molecule has 2 aliphatic rings. The van der Waals surface area contributed by atoms with E-state index in [2.05, 4.69) is 24.0 Å². The number of aliphatic hydroxyl groups is 1. The van der Waals surface area contributed by atoms with Crippen molar-refractivity contribution in [3.63, 3.8) is 0 Å². The van der Waals surface area contributed by atoms with Crippen molar-refractivity contribution in [3.05, 3.63) is 35.9 Å². The van der Waals surface area contributed by atoms with Crippen LogP contribution in [0.1, 0.15) is 56.9 Å². The molecular weight excluding hydrogens is 282 g/mol. The molecule has 1 heterocycles. The summed E-state index contributed by atoms with van der Waals surface area (Å²) < 4.78 is 0. The number of benzene rings is 1. The number of rotatable bonds is 4. The van der Waals surface area contributed by atoms with E-state index in [9.17, 15) is 5.11 Å². The van der Waals surface area contributed by atoms with Crippen molar-refractivity contribution in [1.82, 2.24) is 0 Å². The van der Waals surface area contributed by atoms with Crippen molar-refractivity contribution in [1.29, 1.82) is 0 Å². The Morgan fingerprint density at radius 2 is 1.65 bits per heavy atom. The standard InChI is InChI=1S/C21H29NO/c23-21(19-11-3-1-4-12-19,20-13-5-2-6-14-20)15-7-8-16-22-17-9-10-18-22/h1,3-4,11-12,20,23H,2,5-6,9-10,13-18H2/p+1/t21-/m1/s1. The summed E-state index contributed by atoms with van der Waals surface area (Å²) in [4.78, 5) is 1.61. The summed E-state index contributed by atoms with van der Waals surface area (Å²) in [6.45, 7) is 3.47. The van der Waals surface area contributed by atoms with Crippen LogP contribution in [0.5, 0.6) is 0 Å². The van der Waals surface area contributed by atoms with E-state index in [1.54, 1.807) is 4.90 Å². The summed E-state index contributed by atoms with van der Waals surface area (Å²) >= 11 is 0. The lowest BCUT2D eigenvalue weighted by atomic mass is 9.72. The van der Waals surface area contributed by atoms with E-state index >= 15 is 0 Å². The van der Waals surface area contributed by atoms with Crippen LogP contribution >= 0.6 is 0 Å². The molecule has 1 aliphatic carbocycles. The molecule has 2 nitrogen and oxygen atoms in total. The number of hydrogen-bond acceptors (Lipinski definition) is 1. The Morgan fingerprint density at radius 3 is 2.35 bits per heavy atom. The molecule has 2 N–H and O–H groups in total. The molecule has 3 rings (SSSR count). The van der Waals surface area contributed by atoms with Crippen LogP contribution in [0, 0.1) is 17.8 Å². The summed E-state index contributed by atoms with van der Waals surface area (Å²) in [5, 5.41) is 11.5. The third kappa shape index (κ3) is 4.16. The smallest absolute Gasteiger partial charge is 0.139 e. The fourth-order valence-electron chi connectivity index (χ4n) is 4.23. The zero-order chi connectivity index (χ0) is 16.0. The van der Waals surface area contributed by atoms with E-state index in [1.807, 2.05) is 18.2 Å². The molecule has 23 heavy (non-hydrogen) atoms. The third-order valence-corrected chi connectivity index (χ3v) is 5.69. The Bertz CT molecular complexity index is 532. The van der Waals surface area contributed by atoms with Gasteiger partial charge in [-0.3, -0.25) is 0 Å². The van der Waals surface area contributed by atoms with Crippen LogP contribution in [-0.2, 0) is 5.60 Å². The van der Waals surface area contributed by atoms with Gasteiger partial charge in [0.2, 0.25) is 0 Å². The summed E-state index contributed by atoms with van der Waals surface area (Å²) in [5.74, 6) is 7.03. The van der Waals surface area contributed by atoms with Gasteiger partial charge in [-0.05, 0) is 30.2 Å². The quantitative estimate of drug-likeness (QED) is 0.821. The summed E-state index contributed by atoms with van der Waals surface area (Å²) in [6, 6.07) is 10.2. The minimum Gasteiger partial charge on any atom is -0.384 e. The second kappa shape index (κ2) is 7.99. The Morgan fingerprint density at radius 1 is 0.957 bits per heavy atom. The average Bonchev–Trinajstić information content (AvgIpc) is 3.13. The number of quaternary nitrogens is 1. The fraction of sp³-hybridized carbons (Fsp3) is 0.619. The van der Waals surface area contributed by atoms with E-state index in [0.29, 0.717) is 12.3 Å². The normalized spacial score (nSPS) is 22.3. The van der Waals surface area contributed by atoms with Crippen LogP contribution in [0.25, 0.3) is 0 Å². The van der Waals surface area contributed by atoms with Crippen molar-refractivity contribution in [3.8, 4) is 11.8 Å². The first-order valence-corrected chi connectivity index (χ1v) is 9.36. The molecule has 2 heteroatoms. The van der Waals surface area contributed by atoms with Gasteiger partial charge >= 0.3 is 0 Å².